The molecule has 0 aliphatic heterocycles. The van der Waals surface area contributed by atoms with Crippen molar-refractivity contribution >= 4 is 0 Å². The van der Waals surface area contributed by atoms with Gasteiger partial charge in [0.2, 0.25) is 0 Å². The molecule has 0 aromatic carbocycles. The van der Waals surface area contributed by atoms with E-state index in [1.54, 1.807) is 24.8 Å². The zero-order chi connectivity index (χ0) is 10.5. The SMILES string of the molecule is CC/C(C)=C\C12CC3CC(CC(C3)C1)C2. The van der Waals surface area contributed by atoms with Crippen LogP contribution in [0.3, 0.4) is 0 Å². The third-order valence-corrected chi connectivity index (χ3v) is 5.20. The lowest BCUT2D eigenvalue weighted by Gasteiger charge is -2.56. The molecule has 4 rings (SSSR count). The van der Waals surface area contributed by atoms with Gasteiger partial charge in [0.05, 0.1) is 0 Å². The minimum atomic E-state index is 0.662. The highest BCUT2D eigenvalue weighted by Crippen LogP contribution is 2.60. The molecule has 15 heavy (non-hydrogen) atoms. The topological polar surface area (TPSA) is 0 Å². The largest absolute Gasteiger partial charge is 0.0794 e. The van der Waals surface area contributed by atoms with Crippen LogP contribution in [0.5, 0.6) is 0 Å². The van der Waals surface area contributed by atoms with Gasteiger partial charge in [-0.2, -0.15) is 0 Å². The number of allylic oxidation sites excluding steroid dienone is 2. The van der Waals surface area contributed by atoms with Crippen molar-refractivity contribution in [2.24, 2.45) is 23.2 Å². The summed E-state index contributed by atoms with van der Waals surface area (Å²) in [4.78, 5) is 0. The minimum absolute atomic E-state index is 0.662. The molecule has 0 nitrogen and oxygen atoms in total. The summed E-state index contributed by atoms with van der Waals surface area (Å²) in [5.74, 6) is 3.28. The van der Waals surface area contributed by atoms with Gasteiger partial charge in [-0.3, -0.25) is 0 Å². The average molecular weight is 204 g/mol. The molecular formula is C15H24. The fourth-order valence-corrected chi connectivity index (χ4v) is 4.98. The molecule has 4 aliphatic carbocycles. The first-order valence-electron chi connectivity index (χ1n) is 6.87. The summed E-state index contributed by atoms with van der Waals surface area (Å²) in [7, 11) is 0. The van der Waals surface area contributed by atoms with Gasteiger partial charge in [0.25, 0.3) is 0 Å². The smallest absolute Gasteiger partial charge is 0.0108 e. The van der Waals surface area contributed by atoms with Crippen molar-refractivity contribution in [3.8, 4) is 0 Å². The van der Waals surface area contributed by atoms with E-state index in [9.17, 15) is 0 Å². The highest BCUT2D eigenvalue weighted by molar-refractivity contribution is 5.14. The van der Waals surface area contributed by atoms with Crippen molar-refractivity contribution < 1.29 is 0 Å². The second kappa shape index (κ2) is 3.37. The third-order valence-electron chi connectivity index (χ3n) is 5.20. The fraction of sp³-hybridized carbons (Fsp3) is 0.867. The van der Waals surface area contributed by atoms with Gasteiger partial charge < -0.3 is 0 Å². The summed E-state index contributed by atoms with van der Waals surface area (Å²) in [5.41, 5.74) is 2.30. The van der Waals surface area contributed by atoms with Crippen LogP contribution in [0.4, 0.5) is 0 Å². The van der Waals surface area contributed by atoms with E-state index in [4.69, 9.17) is 0 Å². The zero-order valence-corrected chi connectivity index (χ0v) is 10.3. The van der Waals surface area contributed by atoms with Gasteiger partial charge in [-0.1, -0.05) is 18.6 Å². The average Bonchev–Trinajstić information content (AvgIpc) is 2.14. The molecule has 0 aromatic heterocycles. The molecule has 4 bridgehead atoms. The lowest BCUT2D eigenvalue weighted by Crippen LogP contribution is -2.45. The predicted octanol–water partition coefficient (Wildman–Crippen LogP) is 4.56. The Morgan fingerprint density at radius 2 is 1.53 bits per heavy atom. The van der Waals surface area contributed by atoms with Crippen molar-refractivity contribution in [3.63, 3.8) is 0 Å². The van der Waals surface area contributed by atoms with E-state index in [1.165, 1.54) is 25.7 Å². The highest BCUT2D eigenvalue weighted by Gasteiger charge is 2.49. The van der Waals surface area contributed by atoms with Crippen LogP contribution >= 0.6 is 0 Å². The Morgan fingerprint density at radius 3 is 1.93 bits per heavy atom. The van der Waals surface area contributed by atoms with Gasteiger partial charge in [-0.05, 0) is 75.0 Å². The summed E-state index contributed by atoms with van der Waals surface area (Å²) in [5, 5.41) is 0. The molecule has 0 N–H and O–H groups in total. The Kier molecular flexibility index (Phi) is 2.23. The van der Waals surface area contributed by atoms with E-state index < -0.39 is 0 Å². The normalized spacial score (nSPS) is 48.7. The van der Waals surface area contributed by atoms with Crippen LogP contribution < -0.4 is 0 Å². The Labute approximate surface area is 94.1 Å². The molecule has 0 saturated heterocycles. The van der Waals surface area contributed by atoms with Gasteiger partial charge in [-0.25, -0.2) is 0 Å². The van der Waals surface area contributed by atoms with Gasteiger partial charge in [0, 0.05) is 0 Å². The summed E-state index contributed by atoms with van der Waals surface area (Å²) in [6, 6.07) is 0. The quantitative estimate of drug-likeness (QED) is 0.578. The van der Waals surface area contributed by atoms with Crippen LogP contribution in [-0.2, 0) is 0 Å². The molecule has 0 heteroatoms. The van der Waals surface area contributed by atoms with Gasteiger partial charge in [-0.15, -0.1) is 0 Å². The first-order chi connectivity index (χ1) is 7.19. The zero-order valence-electron chi connectivity index (χ0n) is 10.3. The van der Waals surface area contributed by atoms with Crippen molar-refractivity contribution in [3.05, 3.63) is 11.6 Å². The summed E-state index contributed by atoms with van der Waals surface area (Å²) in [6.07, 6.45) is 13.2. The van der Waals surface area contributed by atoms with Gasteiger partial charge >= 0.3 is 0 Å². The van der Waals surface area contributed by atoms with Crippen LogP contribution in [0.15, 0.2) is 11.6 Å². The van der Waals surface area contributed by atoms with E-state index in [0.29, 0.717) is 5.41 Å². The standard InChI is InChI=1S/C15H24/c1-3-11(2)7-15-8-12-4-13(9-15)6-14(5-12)10-15/h7,12-14H,3-6,8-10H2,1-2H3/b11-7-. The monoisotopic (exact) mass is 204 g/mol. The van der Waals surface area contributed by atoms with Gasteiger partial charge in [0.1, 0.15) is 0 Å². The van der Waals surface area contributed by atoms with E-state index in [0.717, 1.165) is 17.8 Å². The maximum Gasteiger partial charge on any atom is -0.0108 e. The molecular weight excluding hydrogens is 180 g/mol. The molecule has 0 amide bonds. The minimum Gasteiger partial charge on any atom is -0.0794 e. The Bertz CT molecular complexity index is 249. The maximum absolute atomic E-state index is 2.68. The Hall–Kier alpha value is -0.260. The van der Waals surface area contributed by atoms with Crippen molar-refractivity contribution in [1.82, 2.24) is 0 Å². The highest BCUT2D eigenvalue weighted by atomic mass is 14.5. The summed E-state index contributed by atoms with van der Waals surface area (Å²) in [6.45, 7) is 4.63. The molecule has 0 heterocycles. The van der Waals surface area contributed by atoms with E-state index in [1.807, 2.05) is 0 Å². The summed E-state index contributed by atoms with van der Waals surface area (Å²) >= 11 is 0. The molecule has 84 valence electrons. The number of hydrogen-bond acceptors (Lipinski definition) is 0. The number of hydrogen-bond donors (Lipinski definition) is 0. The lowest BCUT2D eigenvalue weighted by molar-refractivity contribution is -0.0242. The van der Waals surface area contributed by atoms with Crippen LogP contribution in [0.1, 0.15) is 58.8 Å². The molecule has 0 atom stereocenters. The molecule has 0 radical (unpaired) electrons. The van der Waals surface area contributed by atoms with E-state index >= 15 is 0 Å². The molecule has 4 saturated carbocycles. The lowest BCUT2D eigenvalue weighted by atomic mass is 9.49. The van der Waals surface area contributed by atoms with Gasteiger partial charge in [0.15, 0.2) is 0 Å². The maximum atomic E-state index is 2.68. The Balaban J connectivity index is 1.87. The van der Waals surface area contributed by atoms with Crippen LogP contribution in [0.25, 0.3) is 0 Å². The van der Waals surface area contributed by atoms with Crippen molar-refractivity contribution in [1.29, 1.82) is 0 Å². The van der Waals surface area contributed by atoms with E-state index in [-0.39, 0.29) is 0 Å². The van der Waals surface area contributed by atoms with E-state index in [2.05, 4.69) is 19.9 Å². The molecule has 4 aliphatic rings. The second-order valence-corrected chi connectivity index (χ2v) is 6.62. The van der Waals surface area contributed by atoms with Crippen LogP contribution in [0.2, 0.25) is 0 Å². The molecule has 0 unspecified atom stereocenters. The fourth-order valence-electron chi connectivity index (χ4n) is 4.98. The Morgan fingerprint density at radius 1 is 1.07 bits per heavy atom. The predicted molar refractivity (Wildman–Crippen MR) is 64.7 cm³/mol. The van der Waals surface area contributed by atoms with Crippen LogP contribution in [0, 0.1) is 23.2 Å². The van der Waals surface area contributed by atoms with Crippen molar-refractivity contribution in [2.45, 2.75) is 58.8 Å². The van der Waals surface area contributed by atoms with Crippen molar-refractivity contribution in [2.75, 3.05) is 0 Å². The first kappa shape index (κ1) is 9.93. The molecule has 0 spiro atoms. The second-order valence-electron chi connectivity index (χ2n) is 6.62. The number of rotatable bonds is 2. The van der Waals surface area contributed by atoms with Crippen LogP contribution in [-0.4, -0.2) is 0 Å². The molecule has 4 fully saturated rings. The summed E-state index contributed by atoms with van der Waals surface area (Å²) < 4.78 is 0. The first-order valence-corrected chi connectivity index (χ1v) is 6.87. The molecule has 0 aromatic rings. The third kappa shape index (κ3) is 1.66.